The number of hydrogen-bond donors (Lipinski definition) is 1. The fraction of sp³-hybridized carbons (Fsp3) is 0.300. The molecule has 0 amide bonds. The summed E-state index contributed by atoms with van der Waals surface area (Å²) in [6.45, 7) is 1.92. The third kappa shape index (κ3) is 1.48. The molecule has 0 bridgehead atoms. The fourth-order valence-corrected chi connectivity index (χ4v) is 1.67. The summed E-state index contributed by atoms with van der Waals surface area (Å²) in [7, 11) is 1.77. The first kappa shape index (κ1) is 10.4. The quantitative estimate of drug-likeness (QED) is 0.632. The van der Waals surface area contributed by atoms with Gasteiger partial charge in [0.2, 0.25) is 5.82 Å². The van der Waals surface area contributed by atoms with E-state index < -0.39 is 4.92 Å². The van der Waals surface area contributed by atoms with Crippen molar-refractivity contribution in [2.75, 3.05) is 12.4 Å². The molecule has 6 nitrogen and oxygen atoms in total. The molecular weight excluding hydrogens is 208 g/mol. The Balaban J connectivity index is 2.75. The third-order valence-corrected chi connectivity index (χ3v) is 2.47. The molecule has 0 fully saturated rings. The van der Waals surface area contributed by atoms with Gasteiger partial charge in [-0.15, -0.1) is 0 Å². The smallest absolute Gasteiger partial charge is 0.388 e. The summed E-state index contributed by atoms with van der Waals surface area (Å²) in [6, 6.07) is 3.59. The summed E-state index contributed by atoms with van der Waals surface area (Å²) in [5, 5.41) is 13.8. The Labute approximate surface area is 92.1 Å². The van der Waals surface area contributed by atoms with E-state index in [0.717, 1.165) is 5.69 Å². The number of pyridine rings is 1. The van der Waals surface area contributed by atoms with E-state index in [0.29, 0.717) is 17.8 Å². The Morgan fingerprint density at radius 3 is 2.94 bits per heavy atom. The van der Waals surface area contributed by atoms with Crippen LogP contribution in [-0.2, 0) is 6.42 Å². The van der Waals surface area contributed by atoms with Crippen LogP contribution in [0.5, 0.6) is 0 Å². The van der Waals surface area contributed by atoms with Crippen molar-refractivity contribution in [1.29, 1.82) is 0 Å². The lowest BCUT2D eigenvalue weighted by molar-refractivity contribution is -0.387. The van der Waals surface area contributed by atoms with Crippen LogP contribution in [0.1, 0.15) is 12.7 Å². The van der Waals surface area contributed by atoms with Crippen molar-refractivity contribution in [3.8, 4) is 0 Å². The van der Waals surface area contributed by atoms with Gasteiger partial charge in [-0.25, -0.2) is 0 Å². The van der Waals surface area contributed by atoms with Gasteiger partial charge in [-0.1, -0.05) is 6.92 Å². The van der Waals surface area contributed by atoms with E-state index in [9.17, 15) is 10.1 Å². The predicted octanol–water partition coefficient (Wildman–Crippen LogP) is 1.85. The Kier molecular flexibility index (Phi) is 2.47. The molecular formula is C10H12N4O2. The molecule has 2 rings (SSSR count). The first-order chi connectivity index (χ1) is 7.67. The maximum Gasteiger partial charge on any atom is 0.389 e. The molecule has 0 atom stereocenters. The van der Waals surface area contributed by atoms with Crippen LogP contribution >= 0.6 is 0 Å². The number of imidazole rings is 1. The zero-order valence-electron chi connectivity index (χ0n) is 9.10. The molecule has 0 aliphatic rings. The number of nitrogens with zero attached hydrogens (tertiary/aromatic N) is 3. The molecule has 2 heterocycles. The van der Waals surface area contributed by atoms with Crippen molar-refractivity contribution < 1.29 is 4.92 Å². The third-order valence-electron chi connectivity index (χ3n) is 2.47. The van der Waals surface area contributed by atoms with Crippen LogP contribution in [0.15, 0.2) is 18.3 Å². The van der Waals surface area contributed by atoms with Gasteiger partial charge < -0.3 is 15.4 Å². The van der Waals surface area contributed by atoms with E-state index in [2.05, 4.69) is 10.3 Å². The van der Waals surface area contributed by atoms with Crippen LogP contribution in [0.4, 0.5) is 11.5 Å². The van der Waals surface area contributed by atoms with Crippen molar-refractivity contribution in [1.82, 2.24) is 9.38 Å². The monoisotopic (exact) mass is 220 g/mol. The van der Waals surface area contributed by atoms with Crippen LogP contribution in [-0.4, -0.2) is 21.4 Å². The number of rotatable bonds is 3. The standard InChI is InChI=1S/C10H12N4O2/c1-3-9-12-10(14(15)16)8-6-7(11-2)4-5-13(8)9/h4-6,11H,3H2,1-2H3. The lowest BCUT2D eigenvalue weighted by Gasteiger charge is -2.00. The molecule has 0 aromatic carbocycles. The maximum atomic E-state index is 10.9. The highest BCUT2D eigenvalue weighted by atomic mass is 16.6. The lowest BCUT2D eigenvalue weighted by atomic mass is 10.3. The molecule has 1 N–H and O–H groups in total. The maximum absolute atomic E-state index is 10.9. The lowest BCUT2D eigenvalue weighted by Crippen LogP contribution is -1.94. The largest absolute Gasteiger partial charge is 0.389 e. The normalized spacial score (nSPS) is 10.6. The average molecular weight is 220 g/mol. The molecule has 0 aliphatic carbocycles. The summed E-state index contributed by atoms with van der Waals surface area (Å²) in [5.41, 5.74) is 1.35. The minimum atomic E-state index is -0.450. The molecule has 6 heteroatoms. The number of nitrogens with one attached hydrogen (secondary N) is 1. The van der Waals surface area contributed by atoms with E-state index >= 15 is 0 Å². The SMILES string of the molecule is CCc1nc([N+](=O)[O-])c2cc(NC)ccn12. The summed E-state index contributed by atoms with van der Waals surface area (Å²) >= 11 is 0. The number of fused-ring (bicyclic) bond motifs is 1. The number of aryl methyl sites for hydroxylation is 1. The van der Waals surface area contributed by atoms with Crippen molar-refractivity contribution in [3.63, 3.8) is 0 Å². The van der Waals surface area contributed by atoms with Gasteiger partial charge in [-0.2, -0.15) is 0 Å². The van der Waals surface area contributed by atoms with Crippen molar-refractivity contribution in [3.05, 3.63) is 34.3 Å². The second kappa shape index (κ2) is 3.80. The van der Waals surface area contributed by atoms with Gasteiger partial charge in [-0.05, 0) is 22.0 Å². The van der Waals surface area contributed by atoms with Crippen molar-refractivity contribution >= 4 is 17.0 Å². The van der Waals surface area contributed by atoms with Crippen LogP contribution in [0.2, 0.25) is 0 Å². The molecule has 2 aromatic heterocycles. The van der Waals surface area contributed by atoms with Gasteiger partial charge in [0.25, 0.3) is 0 Å². The summed E-state index contributed by atoms with van der Waals surface area (Å²) in [5.74, 6) is 0.610. The van der Waals surface area contributed by atoms with E-state index in [1.165, 1.54) is 0 Å². The van der Waals surface area contributed by atoms with E-state index in [1.54, 1.807) is 23.7 Å². The molecule has 0 saturated carbocycles. The second-order valence-electron chi connectivity index (χ2n) is 3.38. The van der Waals surface area contributed by atoms with Gasteiger partial charge in [0, 0.05) is 25.4 Å². The predicted molar refractivity (Wildman–Crippen MR) is 60.8 cm³/mol. The molecule has 0 radical (unpaired) electrons. The van der Waals surface area contributed by atoms with Crippen LogP contribution in [0.25, 0.3) is 5.52 Å². The van der Waals surface area contributed by atoms with Gasteiger partial charge in [0.1, 0.15) is 5.52 Å². The highest BCUT2D eigenvalue weighted by Gasteiger charge is 2.20. The van der Waals surface area contributed by atoms with Crippen LogP contribution in [0, 0.1) is 10.1 Å². The van der Waals surface area contributed by atoms with Crippen molar-refractivity contribution in [2.24, 2.45) is 0 Å². The summed E-state index contributed by atoms with van der Waals surface area (Å²) < 4.78 is 1.75. The van der Waals surface area contributed by atoms with Crippen LogP contribution < -0.4 is 5.32 Å². The Bertz CT molecular complexity index is 547. The van der Waals surface area contributed by atoms with E-state index in [4.69, 9.17) is 0 Å². The Hall–Kier alpha value is -2.11. The number of aromatic nitrogens is 2. The topological polar surface area (TPSA) is 72.5 Å². The zero-order chi connectivity index (χ0) is 11.7. The van der Waals surface area contributed by atoms with Crippen molar-refractivity contribution in [2.45, 2.75) is 13.3 Å². The first-order valence-corrected chi connectivity index (χ1v) is 5.00. The molecule has 0 unspecified atom stereocenters. The summed E-state index contributed by atoms with van der Waals surface area (Å²) in [4.78, 5) is 14.4. The first-order valence-electron chi connectivity index (χ1n) is 5.00. The minimum Gasteiger partial charge on any atom is -0.388 e. The van der Waals surface area contributed by atoms with E-state index in [1.807, 2.05) is 13.0 Å². The molecule has 84 valence electrons. The average Bonchev–Trinajstić information content (AvgIpc) is 2.66. The van der Waals surface area contributed by atoms with Gasteiger partial charge in [0.05, 0.1) is 0 Å². The Morgan fingerprint density at radius 2 is 2.38 bits per heavy atom. The highest BCUT2D eigenvalue weighted by Crippen LogP contribution is 2.23. The molecule has 0 aliphatic heterocycles. The zero-order valence-corrected chi connectivity index (χ0v) is 9.10. The number of nitro groups is 1. The molecule has 2 aromatic rings. The van der Waals surface area contributed by atoms with Gasteiger partial charge in [-0.3, -0.25) is 4.40 Å². The molecule has 16 heavy (non-hydrogen) atoms. The highest BCUT2D eigenvalue weighted by molar-refractivity contribution is 5.68. The van der Waals surface area contributed by atoms with Gasteiger partial charge >= 0.3 is 5.82 Å². The summed E-state index contributed by atoms with van der Waals surface area (Å²) in [6.07, 6.45) is 2.45. The second-order valence-corrected chi connectivity index (χ2v) is 3.38. The minimum absolute atomic E-state index is 0.0889. The molecule has 0 spiro atoms. The number of anilines is 1. The Morgan fingerprint density at radius 1 is 1.62 bits per heavy atom. The fourth-order valence-electron chi connectivity index (χ4n) is 1.67. The number of hydrogen-bond acceptors (Lipinski definition) is 4. The molecule has 0 saturated heterocycles. The van der Waals surface area contributed by atoms with E-state index in [-0.39, 0.29) is 5.82 Å². The van der Waals surface area contributed by atoms with Gasteiger partial charge in [0.15, 0.2) is 0 Å². The van der Waals surface area contributed by atoms with Crippen LogP contribution in [0.3, 0.4) is 0 Å².